The lowest BCUT2D eigenvalue weighted by molar-refractivity contribution is 0.146. The van der Waals surface area contributed by atoms with Crippen LogP contribution in [-0.4, -0.2) is 10.3 Å². The number of rotatable bonds is 0. The van der Waals surface area contributed by atoms with Gasteiger partial charge in [-0.05, 0) is 31.6 Å². The number of alkyl halides is 2. The molecule has 0 saturated heterocycles. The van der Waals surface area contributed by atoms with E-state index in [1.165, 1.54) is 19.3 Å². The molecular weight excluding hydrogens is 155 g/mol. The van der Waals surface area contributed by atoms with Crippen molar-refractivity contribution in [2.75, 3.05) is 0 Å². The summed E-state index contributed by atoms with van der Waals surface area (Å²) in [5, 5.41) is 0.254. The maximum atomic E-state index is 6.16. The third-order valence-electron chi connectivity index (χ3n) is 2.65. The highest BCUT2D eigenvalue weighted by Gasteiger charge is 2.51. The number of hydrogen-bond acceptors (Lipinski definition) is 0. The zero-order valence-electron chi connectivity index (χ0n) is 5.24. The molecule has 52 valence electrons. The Morgan fingerprint density at radius 1 is 1.22 bits per heavy atom. The van der Waals surface area contributed by atoms with Crippen LogP contribution in [0.25, 0.3) is 0 Å². The normalized spacial score (nSPS) is 56.7. The highest BCUT2D eigenvalue weighted by molar-refractivity contribution is 6.33. The first-order valence-corrected chi connectivity index (χ1v) is 4.35. The predicted molar refractivity (Wildman–Crippen MR) is 40.2 cm³/mol. The molecule has 0 aliphatic heterocycles. The van der Waals surface area contributed by atoms with E-state index in [9.17, 15) is 0 Å². The van der Waals surface area contributed by atoms with Crippen molar-refractivity contribution >= 4 is 23.2 Å². The van der Waals surface area contributed by atoms with Gasteiger partial charge in [0, 0.05) is 0 Å². The van der Waals surface area contributed by atoms with Gasteiger partial charge in [0.05, 0.1) is 10.3 Å². The van der Waals surface area contributed by atoms with E-state index in [-0.39, 0.29) is 10.3 Å². The van der Waals surface area contributed by atoms with Crippen LogP contribution >= 0.6 is 23.2 Å². The van der Waals surface area contributed by atoms with Crippen molar-refractivity contribution in [2.45, 2.75) is 35.9 Å². The fraction of sp³-hybridized carbons (Fsp3) is 1.00. The van der Waals surface area contributed by atoms with Gasteiger partial charge in [0.2, 0.25) is 0 Å². The fourth-order valence-electron chi connectivity index (χ4n) is 2.00. The summed E-state index contributed by atoms with van der Waals surface area (Å²) < 4.78 is 0. The van der Waals surface area contributed by atoms with Gasteiger partial charge < -0.3 is 0 Å². The molecule has 0 aromatic heterocycles. The lowest BCUT2D eigenvalue weighted by atomic mass is 9.64. The van der Waals surface area contributed by atoms with Gasteiger partial charge >= 0.3 is 0 Å². The summed E-state index contributed by atoms with van der Waals surface area (Å²) in [5.41, 5.74) is 0. The Bertz CT molecular complexity index is 127. The average molecular weight is 165 g/mol. The third kappa shape index (κ3) is 0.798. The van der Waals surface area contributed by atoms with Crippen LogP contribution in [-0.2, 0) is 0 Å². The molecule has 3 rings (SSSR count). The Hall–Kier alpha value is 0.580. The first-order chi connectivity index (χ1) is 4.21. The maximum absolute atomic E-state index is 6.16. The number of fused-ring (bicyclic) bond motifs is 2. The molecule has 0 radical (unpaired) electrons. The Labute approximate surface area is 65.5 Å². The van der Waals surface area contributed by atoms with Crippen molar-refractivity contribution in [3.8, 4) is 0 Å². The van der Waals surface area contributed by atoms with E-state index in [0.717, 1.165) is 12.3 Å². The van der Waals surface area contributed by atoms with Crippen molar-refractivity contribution < 1.29 is 0 Å². The Kier molecular flexibility index (Phi) is 1.26. The average Bonchev–Trinajstić information content (AvgIpc) is 1.73. The summed E-state index contributed by atoms with van der Waals surface area (Å²) >= 11 is 12.2. The molecule has 0 amide bonds. The molecule has 9 heavy (non-hydrogen) atoms. The molecule has 0 spiro atoms. The van der Waals surface area contributed by atoms with Crippen LogP contribution < -0.4 is 0 Å². The standard InChI is InChI=1S/C7H10Cl2/c8-6-2-1-5-3-7(6,9)4-5/h5-6H,1-4H2. The van der Waals surface area contributed by atoms with E-state index < -0.39 is 0 Å². The van der Waals surface area contributed by atoms with Crippen LogP contribution in [0.1, 0.15) is 25.7 Å². The molecule has 0 N–H and O–H groups in total. The first-order valence-electron chi connectivity index (χ1n) is 3.54. The number of halogens is 2. The largest absolute Gasteiger partial charge is 0.121 e. The van der Waals surface area contributed by atoms with Crippen molar-refractivity contribution in [2.24, 2.45) is 5.92 Å². The highest BCUT2D eigenvalue weighted by Crippen LogP contribution is 2.55. The second-order valence-electron chi connectivity index (χ2n) is 3.35. The van der Waals surface area contributed by atoms with E-state index in [1.54, 1.807) is 0 Å². The lowest BCUT2D eigenvalue weighted by Gasteiger charge is -2.51. The maximum Gasteiger partial charge on any atom is 0.0615 e. The van der Waals surface area contributed by atoms with E-state index in [4.69, 9.17) is 23.2 Å². The van der Waals surface area contributed by atoms with Crippen LogP contribution in [0.5, 0.6) is 0 Å². The topological polar surface area (TPSA) is 0 Å². The summed E-state index contributed by atoms with van der Waals surface area (Å²) in [7, 11) is 0. The zero-order chi connectivity index (χ0) is 6.48. The summed E-state index contributed by atoms with van der Waals surface area (Å²) in [5.74, 6) is 0.914. The van der Waals surface area contributed by atoms with Crippen molar-refractivity contribution in [3.05, 3.63) is 0 Å². The van der Waals surface area contributed by atoms with E-state index >= 15 is 0 Å². The molecule has 3 aliphatic carbocycles. The van der Waals surface area contributed by atoms with E-state index in [1.807, 2.05) is 0 Å². The minimum Gasteiger partial charge on any atom is -0.121 e. The summed E-state index contributed by atoms with van der Waals surface area (Å²) in [6, 6.07) is 0. The van der Waals surface area contributed by atoms with Gasteiger partial charge in [0.15, 0.2) is 0 Å². The highest BCUT2D eigenvalue weighted by atomic mass is 35.5. The van der Waals surface area contributed by atoms with Crippen LogP contribution in [0.2, 0.25) is 0 Å². The lowest BCUT2D eigenvalue weighted by Crippen LogP contribution is -2.50. The van der Waals surface area contributed by atoms with Crippen LogP contribution in [0, 0.1) is 5.92 Å². The molecule has 2 bridgehead atoms. The summed E-state index contributed by atoms with van der Waals surface area (Å²) in [6.07, 6.45) is 4.78. The Morgan fingerprint density at radius 3 is 2.22 bits per heavy atom. The molecule has 3 fully saturated rings. The van der Waals surface area contributed by atoms with Gasteiger partial charge in [-0.25, -0.2) is 0 Å². The SMILES string of the molecule is ClC1CCC2CC1(Cl)C2. The molecule has 0 nitrogen and oxygen atoms in total. The van der Waals surface area contributed by atoms with Gasteiger partial charge in [-0.1, -0.05) is 0 Å². The molecule has 0 heterocycles. The van der Waals surface area contributed by atoms with Gasteiger partial charge in [0.25, 0.3) is 0 Å². The molecule has 3 aliphatic rings. The molecule has 3 saturated carbocycles. The van der Waals surface area contributed by atoms with Crippen LogP contribution in [0.15, 0.2) is 0 Å². The second kappa shape index (κ2) is 1.79. The first kappa shape index (κ1) is 6.30. The summed E-state index contributed by atoms with van der Waals surface area (Å²) in [4.78, 5) is 0.0183. The molecule has 1 atom stereocenters. The minimum atomic E-state index is 0.0183. The summed E-state index contributed by atoms with van der Waals surface area (Å²) in [6.45, 7) is 0. The quantitative estimate of drug-likeness (QED) is 0.484. The molecular formula is C7H10Cl2. The Morgan fingerprint density at radius 2 is 1.89 bits per heavy atom. The van der Waals surface area contributed by atoms with E-state index in [0.29, 0.717) is 0 Å². The molecule has 1 unspecified atom stereocenters. The fourth-order valence-corrected chi connectivity index (χ4v) is 2.85. The minimum absolute atomic E-state index is 0.0183. The van der Waals surface area contributed by atoms with Gasteiger partial charge in [-0.3, -0.25) is 0 Å². The van der Waals surface area contributed by atoms with Crippen molar-refractivity contribution in [1.29, 1.82) is 0 Å². The predicted octanol–water partition coefficient (Wildman–Crippen LogP) is 2.78. The second-order valence-corrected chi connectivity index (χ2v) is 4.63. The molecule has 2 heteroatoms. The van der Waals surface area contributed by atoms with E-state index in [2.05, 4.69) is 0 Å². The number of hydrogen-bond donors (Lipinski definition) is 0. The monoisotopic (exact) mass is 164 g/mol. The van der Waals surface area contributed by atoms with Gasteiger partial charge in [-0.2, -0.15) is 0 Å². The van der Waals surface area contributed by atoms with Crippen molar-refractivity contribution in [3.63, 3.8) is 0 Å². The molecule has 0 aromatic rings. The smallest absolute Gasteiger partial charge is 0.0615 e. The van der Waals surface area contributed by atoms with Crippen LogP contribution in [0.3, 0.4) is 0 Å². The zero-order valence-corrected chi connectivity index (χ0v) is 6.75. The van der Waals surface area contributed by atoms with Gasteiger partial charge in [0.1, 0.15) is 0 Å². The van der Waals surface area contributed by atoms with Gasteiger partial charge in [-0.15, -0.1) is 23.2 Å². The third-order valence-corrected chi connectivity index (χ3v) is 3.97. The Balaban J connectivity index is 2.11. The van der Waals surface area contributed by atoms with Crippen molar-refractivity contribution in [1.82, 2.24) is 0 Å². The molecule has 0 aromatic carbocycles. The van der Waals surface area contributed by atoms with Crippen LogP contribution in [0.4, 0.5) is 0 Å².